The van der Waals surface area contributed by atoms with Crippen LogP contribution in [0.4, 0.5) is 0 Å². The van der Waals surface area contributed by atoms with Gasteiger partial charge in [0.05, 0.1) is 16.7 Å². The average molecular weight is 823 g/mol. The maximum absolute atomic E-state index is 6.92. The number of rotatable bonds is 6. The first-order valence-corrected chi connectivity index (χ1v) is 21.9. The molecule has 0 aliphatic rings. The molecule has 4 aromatic heterocycles. The van der Waals surface area contributed by atoms with Crippen molar-refractivity contribution >= 4 is 75.3 Å². The zero-order valence-electron chi connectivity index (χ0n) is 33.7. The largest absolute Gasteiger partial charge is 0.454 e. The summed E-state index contributed by atoms with van der Waals surface area (Å²) in [4.78, 5) is 15.4. The van der Waals surface area contributed by atoms with E-state index in [1.165, 1.54) is 53.2 Å². The first-order chi connectivity index (χ1) is 31.2. The molecule has 5 nitrogen and oxygen atoms in total. The molecule has 13 rings (SSSR count). The average Bonchev–Trinajstić information content (AvgIpc) is 4.03. The maximum Gasteiger partial charge on any atom is 0.164 e. The SMILES string of the molecule is c1ccc(-c2ccc3c(c2)c2ccccc2n3-c2cccc3c2oc2cc(-c4nc(-c5ccccc5)nc(-c5ccc6c(c5)sc5cccc(-c7ccccc7)c56)n4)ccc23)cc1. The van der Waals surface area contributed by atoms with Crippen molar-refractivity contribution in [2.24, 2.45) is 0 Å². The van der Waals surface area contributed by atoms with Gasteiger partial charge in [-0.3, -0.25) is 0 Å². The van der Waals surface area contributed by atoms with Gasteiger partial charge in [-0.15, -0.1) is 11.3 Å². The summed E-state index contributed by atoms with van der Waals surface area (Å²) in [5.74, 6) is 1.82. The molecule has 0 unspecified atom stereocenters. The predicted octanol–water partition coefficient (Wildman–Crippen LogP) is 15.6. The molecule has 0 spiro atoms. The molecule has 0 bridgehead atoms. The lowest BCUT2D eigenvalue weighted by Crippen LogP contribution is -2.00. The predicted molar refractivity (Wildman–Crippen MR) is 262 cm³/mol. The Kier molecular flexibility index (Phi) is 8.01. The van der Waals surface area contributed by atoms with E-state index in [2.05, 4.69) is 180 Å². The van der Waals surface area contributed by atoms with Crippen LogP contribution in [-0.4, -0.2) is 19.5 Å². The molecule has 0 atom stereocenters. The van der Waals surface area contributed by atoms with E-state index < -0.39 is 0 Å². The number of furan rings is 1. The van der Waals surface area contributed by atoms with Gasteiger partial charge in [-0.2, -0.15) is 0 Å². The van der Waals surface area contributed by atoms with Crippen molar-refractivity contribution in [1.82, 2.24) is 19.5 Å². The Bertz CT molecular complexity index is 3910. The van der Waals surface area contributed by atoms with E-state index in [0.29, 0.717) is 17.5 Å². The highest BCUT2D eigenvalue weighted by Crippen LogP contribution is 2.43. The Balaban J connectivity index is 0.951. The van der Waals surface area contributed by atoms with Gasteiger partial charge < -0.3 is 8.98 Å². The Hall–Kier alpha value is -8.19. The molecule has 294 valence electrons. The number of fused-ring (bicyclic) bond motifs is 9. The summed E-state index contributed by atoms with van der Waals surface area (Å²) in [6.07, 6.45) is 0. The molecule has 63 heavy (non-hydrogen) atoms. The lowest BCUT2D eigenvalue weighted by Gasteiger charge is -2.09. The second-order valence-corrected chi connectivity index (χ2v) is 17.0. The van der Waals surface area contributed by atoms with Gasteiger partial charge in [-0.05, 0) is 70.8 Å². The van der Waals surface area contributed by atoms with Crippen LogP contribution in [0.1, 0.15) is 0 Å². The fraction of sp³-hybridized carbons (Fsp3) is 0. The minimum atomic E-state index is 0.584. The summed E-state index contributed by atoms with van der Waals surface area (Å²) in [6.45, 7) is 0. The Morgan fingerprint density at radius 1 is 0.365 bits per heavy atom. The summed E-state index contributed by atoms with van der Waals surface area (Å²) in [6, 6.07) is 72.6. The van der Waals surface area contributed by atoms with Crippen LogP contribution in [0.25, 0.3) is 126 Å². The molecule has 6 heteroatoms. The van der Waals surface area contributed by atoms with Gasteiger partial charge in [0.15, 0.2) is 23.1 Å². The monoisotopic (exact) mass is 822 g/mol. The van der Waals surface area contributed by atoms with E-state index in [1.54, 1.807) is 11.3 Å². The molecule has 0 fully saturated rings. The molecular formula is C57H34N4OS. The van der Waals surface area contributed by atoms with Gasteiger partial charge >= 0.3 is 0 Å². The third-order valence-electron chi connectivity index (χ3n) is 12.3. The lowest BCUT2D eigenvalue weighted by molar-refractivity contribution is 0.666. The first kappa shape index (κ1) is 35.6. The van der Waals surface area contributed by atoms with E-state index in [1.807, 2.05) is 30.3 Å². The zero-order chi connectivity index (χ0) is 41.4. The highest BCUT2D eigenvalue weighted by molar-refractivity contribution is 7.26. The van der Waals surface area contributed by atoms with Crippen molar-refractivity contribution in [3.05, 3.63) is 206 Å². The number of thiophene rings is 1. The number of benzene rings is 9. The number of aromatic nitrogens is 4. The molecule has 0 amide bonds. The molecule has 9 aromatic carbocycles. The van der Waals surface area contributed by atoms with Gasteiger partial charge in [-0.25, -0.2) is 15.0 Å². The van der Waals surface area contributed by atoms with E-state index in [9.17, 15) is 0 Å². The number of hydrogen-bond donors (Lipinski definition) is 0. The summed E-state index contributed by atoms with van der Waals surface area (Å²) >= 11 is 1.80. The van der Waals surface area contributed by atoms with Crippen molar-refractivity contribution < 1.29 is 4.42 Å². The van der Waals surface area contributed by atoms with Gasteiger partial charge in [-0.1, -0.05) is 158 Å². The first-order valence-electron chi connectivity index (χ1n) is 21.1. The van der Waals surface area contributed by atoms with E-state index in [4.69, 9.17) is 19.4 Å². The van der Waals surface area contributed by atoms with E-state index in [-0.39, 0.29) is 0 Å². The Morgan fingerprint density at radius 3 is 1.75 bits per heavy atom. The molecule has 13 aromatic rings. The number of nitrogens with zero attached hydrogens (tertiary/aromatic N) is 4. The van der Waals surface area contributed by atoms with Gasteiger partial charge in [0.1, 0.15) is 5.58 Å². The molecule has 0 N–H and O–H groups in total. The van der Waals surface area contributed by atoms with Crippen LogP contribution in [-0.2, 0) is 0 Å². The standard InChI is InChI=1S/C57H34N4OS/c1-4-14-35(15-5-1)38-28-31-48-46(32-38)42-20-10-11-23-47(42)61(48)49-24-12-22-44-43-29-26-39(33-50(43)62-54(44)49)56-58-55(37-18-8-3-9-19-37)59-57(60-56)40-27-30-45-52(34-40)63-51-25-13-21-41(53(45)51)36-16-6-2-7-17-36/h1-34H. The minimum Gasteiger partial charge on any atom is -0.454 e. The highest BCUT2D eigenvalue weighted by Gasteiger charge is 2.20. The van der Waals surface area contributed by atoms with Crippen molar-refractivity contribution in [3.63, 3.8) is 0 Å². The van der Waals surface area contributed by atoms with Crippen LogP contribution in [0.5, 0.6) is 0 Å². The highest BCUT2D eigenvalue weighted by atomic mass is 32.1. The third kappa shape index (κ3) is 5.80. The molecule has 0 saturated heterocycles. The van der Waals surface area contributed by atoms with Gasteiger partial charge in [0.2, 0.25) is 0 Å². The molecular weight excluding hydrogens is 789 g/mol. The van der Waals surface area contributed by atoms with Crippen molar-refractivity contribution in [2.75, 3.05) is 0 Å². The topological polar surface area (TPSA) is 56.7 Å². The van der Waals surface area contributed by atoms with Crippen LogP contribution >= 0.6 is 11.3 Å². The fourth-order valence-electron chi connectivity index (χ4n) is 9.31. The van der Waals surface area contributed by atoms with Crippen LogP contribution in [0, 0.1) is 0 Å². The summed E-state index contributed by atoms with van der Waals surface area (Å²) in [5, 5.41) is 6.98. The van der Waals surface area contributed by atoms with Gasteiger partial charge in [0, 0.05) is 58.4 Å². The lowest BCUT2D eigenvalue weighted by atomic mass is 9.99. The minimum absolute atomic E-state index is 0.584. The van der Waals surface area contributed by atoms with Crippen LogP contribution in [0.2, 0.25) is 0 Å². The van der Waals surface area contributed by atoms with Crippen LogP contribution in [0.15, 0.2) is 211 Å². The van der Waals surface area contributed by atoms with Crippen molar-refractivity contribution in [1.29, 1.82) is 0 Å². The summed E-state index contributed by atoms with van der Waals surface area (Å²) in [7, 11) is 0. The van der Waals surface area contributed by atoms with Gasteiger partial charge in [0.25, 0.3) is 0 Å². The second kappa shape index (κ2) is 14.2. The Morgan fingerprint density at radius 2 is 0.968 bits per heavy atom. The van der Waals surface area contributed by atoms with E-state index >= 15 is 0 Å². The van der Waals surface area contributed by atoms with E-state index in [0.717, 1.165) is 55.3 Å². The molecule has 0 aliphatic carbocycles. The van der Waals surface area contributed by atoms with Crippen molar-refractivity contribution in [3.8, 4) is 62.1 Å². The number of hydrogen-bond acceptors (Lipinski definition) is 5. The molecule has 0 saturated carbocycles. The Labute approximate surface area is 365 Å². The summed E-state index contributed by atoms with van der Waals surface area (Å²) in [5.41, 5.74) is 12.4. The maximum atomic E-state index is 6.92. The van der Waals surface area contributed by atoms with Crippen LogP contribution in [0.3, 0.4) is 0 Å². The molecule has 0 radical (unpaired) electrons. The zero-order valence-corrected chi connectivity index (χ0v) is 34.6. The molecule has 0 aliphatic heterocycles. The normalized spacial score (nSPS) is 11.8. The third-order valence-corrected chi connectivity index (χ3v) is 13.4. The smallest absolute Gasteiger partial charge is 0.164 e. The number of para-hydroxylation sites is 2. The molecule has 4 heterocycles. The quantitative estimate of drug-likeness (QED) is 0.168. The van der Waals surface area contributed by atoms with Crippen molar-refractivity contribution in [2.45, 2.75) is 0 Å². The second-order valence-electron chi connectivity index (χ2n) is 15.9. The summed E-state index contributed by atoms with van der Waals surface area (Å²) < 4.78 is 11.7. The van der Waals surface area contributed by atoms with Crippen LogP contribution < -0.4 is 0 Å². The fourth-order valence-corrected chi connectivity index (χ4v) is 10.5.